The van der Waals surface area contributed by atoms with Gasteiger partial charge in [0.25, 0.3) is 0 Å². The third-order valence-electron chi connectivity index (χ3n) is 10.1. The summed E-state index contributed by atoms with van der Waals surface area (Å²) in [5, 5.41) is 25.1. The van der Waals surface area contributed by atoms with Crippen LogP contribution in [0.1, 0.15) is 43.2 Å². The number of amides is 6. The van der Waals surface area contributed by atoms with Crippen LogP contribution in [0.2, 0.25) is 0 Å². The number of para-hydroxylation sites is 2. The molecule has 286 valence electrons. The summed E-state index contributed by atoms with van der Waals surface area (Å²) in [6.45, 7) is -0.710. The van der Waals surface area contributed by atoms with E-state index in [1.54, 1.807) is 12.4 Å². The number of hydrogen-bond acceptors (Lipinski definition) is 8. The van der Waals surface area contributed by atoms with E-state index in [1.165, 1.54) is 4.90 Å². The summed E-state index contributed by atoms with van der Waals surface area (Å²) in [5.74, 6) is -3.93. The van der Waals surface area contributed by atoms with Crippen LogP contribution in [0.4, 0.5) is 0 Å². The zero-order valence-electron chi connectivity index (χ0n) is 29.9. The van der Waals surface area contributed by atoms with Gasteiger partial charge in [0.1, 0.15) is 30.2 Å². The molecule has 10 N–H and O–H groups in total. The van der Waals surface area contributed by atoms with E-state index >= 15 is 0 Å². The number of benzene rings is 2. The molecule has 2 fully saturated rings. The molecule has 16 heteroatoms. The topological polar surface area (TPSA) is 244 Å². The maximum atomic E-state index is 14.4. The smallest absolute Gasteiger partial charge is 0.246 e. The predicted molar refractivity (Wildman–Crippen MR) is 199 cm³/mol. The second-order valence-corrected chi connectivity index (χ2v) is 13.8. The first-order valence-corrected chi connectivity index (χ1v) is 18.4. The molecule has 4 heterocycles. The summed E-state index contributed by atoms with van der Waals surface area (Å²) in [5.41, 5.74) is 8.91. The summed E-state index contributed by atoms with van der Waals surface area (Å²) < 4.78 is 0. The molecule has 2 aliphatic heterocycles. The van der Waals surface area contributed by atoms with Gasteiger partial charge in [-0.15, -0.1) is 0 Å². The normalized spacial score (nSPS) is 23.6. The molecule has 0 bridgehead atoms. The first kappa shape index (κ1) is 38.0. The number of fused-ring (bicyclic) bond motifs is 3. The van der Waals surface area contributed by atoms with E-state index < -0.39 is 78.8 Å². The van der Waals surface area contributed by atoms with Gasteiger partial charge in [-0.25, -0.2) is 0 Å². The maximum absolute atomic E-state index is 14.4. The predicted octanol–water partition coefficient (Wildman–Crippen LogP) is -0.384. The van der Waals surface area contributed by atoms with Crippen molar-refractivity contribution in [2.75, 3.05) is 26.2 Å². The molecule has 2 saturated heterocycles. The fourth-order valence-corrected chi connectivity index (χ4v) is 7.26. The number of aromatic nitrogens is 2. The minimum absolute atomic E-state index is 0.00109. The number of hydrogen-bond donors (Lipinski definition) is 9. The number of unbranched alkanes of at least 4 members (excludes halogenated alkanes) is 1. The van der Waals surface area contributed by atoms with Gasteiger partial charge in [0, 0.05) is 53.6 Å². The quantitative estimate of drug-likeness (QED) is 0.102. The standard InChI is InChI=1S/C38H47N9O7/c39-14-6-5-12-28-34(50)46-30(17-23-19-41-27-11-4-2-9-25(23)27)38(54)47-15-7-13-32(47)37(53)42-20-33(49)43-31(21-48)36(52)45-29(35(51)44-28)16-22-18-40-26-10-3-1-8-24(22)26/h1-4,8-11,18-19,28-32,40-41,48H,5-7,12-17,20-21,39H2,(H,42,53)(H,43,49)(H,44,51)(H,45,52)(H,46,50)/t28-,29-,30-,31-,32-/m0/s1. The highest BCUT2D eigenvalue weighted by Crippen LogP contribution is 2.24. The number of nitrogens with two attached hydrogens (primary N) is 1. The number of carbonyl (C=O) groups excluding carboxylic acids is 6. The van der Waals surface area contributed by atoms with Gasteiger partial charge in [-0.2, -0.15) is 0 Å². The first-order chi connectivity index (χ1) is 26.2. The number of aliphatic hydroxyl groups excluding tert-OH is 1. The number of aliphatic hydroxyl groups is 1. The van der Waals surface area contributed by atoms with Crippen LogP contribution < -0.4 is 32.3 Å². The lowest BCUT2D eigenvalue weighted by Crippen LogP contribution is -2.61. The van der Waals surface area contributed by atoms with Crippen LogP contribution in [0.15, 0.2) is 60.9 Å². The molecule has 4 aromatic rings. The number of nitrogens with zero attached hydrogens (tertiary/aromatic N) is 1. The second-order valence-electron chi connectivity index (χ2n) is 13.8. The molecule has 2 aromatic carbocycles. The molecule has 6 amide bonds. The van der Waals surface area contributed by atoms with Gasteiger partial charge in [-0.3, -0.25) is 28.8 Å². The lowest BCUT2D eigenvalue weighted by atomic mass is 10.0. The third kappa shape index (κ3) is 8.72. The Bertz CT molecular complexity index is 2010. The Morgan fingerprint density at radius 1 is 0.685 bits per heavy atom. The summed E-state index contributed by atoms with van der Waals surface area (Å²) in [4.78, 5) is 90.5. The van der Waals surface area contributed by atoms with Crippen LogP contribution in [0.5, 0.6) is 0 Å². The number of rotatable bonds is 9. The molecular formula is C38H47N9O7. The summed E-state index contributed by atoms with van der Waals surface area (Å²) >= 11 is 0. The highest BCUT2D eigenvalue weighted by atomic mass is 16.3. The van der Waals surface area contributed by atoms with Gasteiger partial charge in [0.05, 0.1) is 13.2 Å². The van der Waals surface area contributed by atoms with Crippen molar-refractivity contribution >= 4 is 57.2 Å². The van der Waals surface area contributed by atoms with Crippen molar-refractivity contribution in [1.82, 2.24) is 41.5 Å². The molecule has 2 aliphatic rings. The zero-order chi connectivity index (χ0) is 38.2. The Morgan fingerprint density at radius 2 is 1.26 bits per heavy atom. The van der Waals surface area contributed by atoms with E-state index in [0.29, 0.717) is 37.8 Å². The minimum atomic E-state index is -1.45. The average molecular weight is 742 g/mol. The molecule has 16 nitrogen and oxygen atoms in total. The second kappa shape index (κ2) is 17.4. The highest BCUT2D eigenvalue weighted by molar-refractivity contribution is 5.98. The largest absolute Gasteiger partial charge is 0.394 e. The number of H-pyrrole nitrogens is 2. The molecule has 0 aliphatic carbocycles. The molecule has 0 unspecified atom stereocenters. The van der Waals surface area contributed by atoms with Crippen LogP contribution in [0.3, 0.4) is 0 Å². The van der Waals surface area contributed by atoms with Crippen molar-refractivity contribution < 1.29 is 33.9 Å². The number of nitrogens with one attached hydrogen (secondary N) is 7. The van der Waals surface area contributed by atoms with Crippen LogP contribution in [-0.4, -0.2) is 112 Å². The Kier molecular flexibility index (Phi) is 12.2. The fraction of sp³-hybridized carbons (Fsp3) is 0.421. The summed E-state index contributed by atoms with van der Waals surface area (Å²) in [6, 6.07) is 9.14. The summed E-state index contributed by atoms with van der Waals surface area (Å²) in [7, 11) is 0. The lowest BCUT2D eigenvalue weighted by molar-refractivity contribution is -0.142. The van der Waals surface area contributed by atoms with Gasteiger partial charge < -0.3 is 52.3 Å². The van der Waals surface area contributed by atoms with Crippen LogP contribution in [0.25, 0.3) is 21.8 Å². The van der Waals surface area contributed by atoms with Gasteiger partial charge >= 0.3 is 0 Å². The van der Waals surface area contributed by atoms with E-state index in [0.717, 1.165) is 27.4 Å². The Morgan fingerprint density at radius 3 is 1.91 bits per heavy atom. The zero-order valence-corrected chi connectivity index (χ0v) is 29.9. The Balaban J connectivity index is 1.35. The molecule has 2 aromatic heterocycles. The van der Waals surface area contributed by atoms with Crippen molar-refractivity contribution in [3.63, 3.8) is 0 Å². The van der Waals surface area contributed by atoms with Crippen LogP contribution in [0, 0.1) is 0 Å². The van der Waals surface area contributed by atoms with Crippen molar-refractivity contribution in [3.05, 3.63) is 72.1 Å². The minimum Gasteiger partial charge on any atom is -0.394 e. The Labute approximate surface area is 311 Å². The van der Waals surface area contributed by atoms with Crippen molar-refractivity contribution in [2.45, 2.75) is 75.2 Å². The monoisotopic (exact) mass is 741 g/mol. The average Bonchev–Trinajstić information content (AvgIpc) is 3.94. The van der Waals surface area contributed by atoms with Gasteiger partial charge in [0.15, 0.2) is 0 Å². The molecule has 6 rings (SSSR count). The highest BCUT2D eigenvalue weighted by Gasteiger charge is 2.39. The van der Waals surface area contributed by atoms with Crippen molar-refractivity contribution in [1.29, 1.82) is 0 Å². The first-order valence-electron chi connectivity index (χ1n) is 18.4. The van der Waals surface area contributed by atoms with Crippen LogP contribution >= 0.6 is 0 Å². The van der Waals surface area contributed by atoms with E-state index in [-0.39, 0.29) is 25.8 Å². The molecule has 54 heavy (non-hydrogen) atoms. The number of aromatic amines is 2. The van der Waals surface area contributed by atoms with Gasteiger partial charge in [-0.1, -0.05) is 36.4 Å². The van der Waals surface area contributed by atoms with E-state index in [2.05, 4.69) is 36.6 Å². The molecule has 0 spiro atoms. The molecule has 5 atom stereocenters. The SMILES string of the molecule is NCCCC[C@@H]1NC(=O)[C@H](Cc2c[nH]c3ccccc23)NC(=O)[C@H](CO)NC(=O)CNC(=O)[C@@H]2CCCN2C(=O)[C@H](Cc2c[nH]c3ccccc23)NC1=O. The van der Waals surface area contributed by atoms with Gasteiger partial charge in [0.2, 0.25) is 35.4 Å². The van der Waals surface area contributed by atoms with E-state index in [9.17, 15) is 33.9 Å². The van der Waals surface area contributed by atoms with Crippen molar-refractivity contribution in [3.8, 4) is 0 Å². The molecule has 0 radical (unpaired) electrons. The summed E-state index contributed by atoms with van der Waals surface area (Å²) in [6.07, 6.45) is 5.67. The Hall–Kier alpha value is -5.74. The molecular weight excluding hydrogens is 694 g/mol. The van der Waals surface area contributed by atoms with Crippen LogP contribution in [-0.2, 0) is 41.6 Å². The maximum Gasteiger partial charge on any atom is 0.246 e. The lowest BCUT2D eigenvalue weighted by Gasteiger charge is -2.30. The molecule has 0 saturated carbocycles. The van der Waals surface area contributed by atoms with Crippen molar-refractivity contribution in [2.24, 2.45) is 5.73 Å². The van der Waals surface area contributed by atoms with E-state index in [4.69, 9.17) is 5.73 Å². The van der Waals surface area contributed by atoms with Gasteiger partial charge in [-0.05, 0) is 61.9 Å². The number of carbonyl (C=O) groups is 6. The van der Waals surface area contributed by atoms with E-state index in [1.807, 2.05) is 48.5 Å². The third-order valence-corrected chi connectivity index (χ3v) is 10.1. The fourth-order valence-electron chi connectivity index (χ4n) is 7.26.